The molecule has 12 aromatic carbocycles. The Morgan fingerprint density at radius 1 is 0.248 bits per heavy atom. The van der Waals surface area contributed by atoms with Crippen LogP contribution < -0.4 is 0 Å². The van der Waals surface area contributed by atoms with Gasteiger partial charge in [0.1, 0.15) is 28.8 Å². The van der Waals surface area contributed by atoms with Crippen LogP contribution in [0.5, 0.6) is 0 Å². The molecule has 4 heteroatoms. The summed E-state index contributed by atoms with van der Waals surface area (Å²) in [7, 11) is 0. The first kappa shape index (κ1) is 78.4. The summed E-state index contributed by atoms with van der Waals surface area (Å²) in [6.45, 7) is 40.9. The van der Waals surface area contributed by atoms with Crippen molar-refractivity contribution in [3.8, 4) is 44.4 Å². The number of fused-ring (bicyclic) bond motifs is 4. The molecule has 0 spiro atoms. The van der Waals surface area contributed by atoms with Crippen molar-refractivity contribution >= 4 is 54.4 Å². The first-order chi connectivity index (χ1) is 50.1. The van der Waals surface area contributed by atoms with Gasteiger partial charge in [-0.05, 0) is 227 Å². The second-order valence-electron chi connectivity index (χ2n) is 29.9. The number of hydrogen-bond acceptors (Lipinski definition) is 4. The smallest absolute Gasteiger partial charge is 0.134 e. The molecule has 0 unspecified atom stereocenters. The Morgan fingerprint density at radius 2 is 0.667 bits per heavy atom. The topological polar surface area (TPSA) is 39.4 Å². The molecule has 3 nitrogen and oxygen atoms in total. The van der Waals surface area contributed by atoms with Crippen molar-refractivity contribution in [2.75, 3.05) is 0 Å². The molecule has 4 heterocycles. The highest BCUT2D eigenvalue weighted by Gasteiger charge is 2.18. The second-order valence-corrected chi connectivity index (χ2v) is 31.2. The van der Waals surface area contributed by atoms with Gasteiger partial charge in [-0.1, -0.05) is 322 Å². The van der Waals surface area contributed by atoms with Gasteiger partial charge in [0.05, 0.1) is 6.26 Å². The van der Waals surface area contributed by atoms with E-state index < -0.39 is 0 Å². The number of aryl methyl sites for hydroxylation is 13. The Labute approximate surface area is 631 Å². The third kappa shape index (κ3) is 23.6. The molecule has 0 radical (unpaired) electrons. The summed E-state index contributed by atoms with van der Waals surface area (Å²) in [5, 5.41) is 10.7. The predicted octanol–water partition coefficient (Wildman–Crippen LogP) is 30.2. The minimum absolute atomic E-state index is 0.214. The first-order valence-corrected chi connectivity index (χ1v) is 37.4. The molecule has 0 saturated heterocycles. The fourth-order valence-electron chi connectivity index (χ4n) is 12.5. The Bertz CT molecular complexity index is 5240. The van der Waals surface area contributed by atoms with Crippen molar-refractivity contribution < 1.29 is 13.3 Å². The van der Waals surface area contributed by atoms with Crippen LogP contribution in [-0.2, 0) is 10.8 Å². The molecule has 0 atom stereocenters. The maximum Gasteiger partial charge on any atom is 0.134 e. The van der Waals surface area contributed by atoms with E-state index in [2.05, 4.69) is 354 Å². The zero-order chi connectivity index (χ0) is 75.4. The van der Waals surface area contributed by atoms with Crippen molar-refractivity contribution in [2.24, 2.45) is 0 Å². The number of thiophene rings is 1. The van der Waals surface area contributed by atoms with Gasteiger partial charge in [-0.15, -0.1) is 11.3 Å². The standard InChI is InChI=1S/2C15H18.2C12H12O.C12H12S.2C12H12.C11H10O/c1-11-9-12-7-5-6-8-13(12)10-14(11)15(2,3)4;1-11-9-12-7-5-6-8-13(12)14(10-11)15(2,3)4;1-9-3-6-11(7-4-9)12-8-5-10(2)13-12;1-9-4-3-5-11(8-9)12-7-6-10(2)13-12;1-9-3-6-11(7-4-9)12-8-5-10(2)13-12;1-9-3-5-12-8-10(2)4-6-11(12)7-9;1-9-3-5-11-6-4-10(2)8-12(11)7-9;1-9-4-2-5-10(8-9)11-6-3-7-12-11/h2*5-10H,1-4H3;3*3-8H,1-2H3;2*3-8H,1-2H3;2-8H,1H3. The van der Waals surface area contributed by atoms with Gasteiger partial charge < -0.3 is 13.3 Å². The van der Waals surface area contributed by atoms with Gasteiger partial charge in [0.2, 0.25) is 0 Å². The van der Waals surface area contributed by atoms with Crippen LogP contribution >= 0.6 is 11.3 Å². The molecule has 0 fully saturated rings. The molecular weight excluding hydrogens is 1290 g/mol. The molecule has 0 bridgehead atoms. The van der Waals surface area contributed by atoms with Crippen molar-refractivity contribution in [1.82, 2.24) is 0 Å². The molecule has 16 aromatic rings. The second kappa shape index (κ2) is 36.6. The summed E-state index contributed by atoms with van der Waals surface area (Å²) in [6.07, 6.45) is 1.69. The summed E-state index contributed by atoms with van der Waals surface area (Å²) in [4.78, 5) is 2.73. The Kier molecular flexibility index (Phi) is 27.3. The monoisotopic (exact) mass is 1400 g/mol. The highest BCUT2D eigenvalue weighted by atomic mass is 32.1. The van der Waals surface area contributed by atoms with Gasteiger partial charge in [0.15, 0.2) is 0 Å². The fraction of sp³-hybridized carbons (Fsp3) is 0.208. The summed E-state index contributed by atoms with van der Waals surface area (Å²) in [5.41, 5.74) is 21.2. The van der Waals surface area contributed by atoms with Gasteiger partial charge in [-0.3, -0.25) is 0 Å². The zero-order valence-electron chi connectivity index (χ0n) is 65.4. The number of furan rings is 3. The SMILES string of the molecule is Cc1cc(C(C)(C)C)c2ccccc2c1.Cc1cc2ccccc2cc1C(C)(C)C.Cc1ccc(-c2ccc(C)o2)cc1.Cc1ccc(-c2ccc(C)s2)cc1.Cc1ccc2cc(C)ccc2c1.Cc1ccc2ccc(C)cc2c1.Cc1cccc(-c2ccc(C)o2)c1.Cc1cccc(-c2ccco2)c1. The quantitative estimate of drug-likeness (QED) is 0.176. The van der Waals surface area contributed by atoms with Crippen LogP contribution in [0.3, 0.4) is 0 Å². The average molecular weight is 1400 g/mol. The average Bonchev–Trinajstić information content (AvgIpc) is 1.73. The summed E-state index contributed by atoms with van der Waals surface area (Å²) in [6, 6.07) is 102. The summed E-state index contributed by atoms with van der Waals surface area (Å²) in [5.74, 6) is 4.73. The molecule has 105 heavy (non-hydrogen) atoms. The van der Waals surface area contributed by atoms with E-state index in [1.807, 2.05) is 79.8 Å². The fourth-order valence-corrected chi connectivity index (χ4v) is 13.3. The van der Waals surface area contributed by atoms with E-state index in [4.69, 9.17) is 13.3 Å². The minimum Gasteiger partial charge on any atom is -0.464 e. The lowest BCUT2D eigenvalue weighted by Gasteiger charge is -2.22. The molecule has 0 saturated carbocycles. The molecule has 0 amide bonds. The van der Waals surface area contributed by atoms with Crippen LogP contribution in [0, 0.1) is 90.0 Å². The highest BCUT2D eigenvalue weighted by molar-refractivity contribution is 7.15. The van der Waals surface area contributed by atoms with Crippen molar-refractivity contribution in [1.29, 1.82) is 0 Å². The van der Waals surface area contributed by atoms with Crippen LogP contribution in [0.25, 0.3) is 87.5 Å². The molecule has 0 N–H and O–H groups in total. The minimum atomic E-state index is 0.214. The third-order valence-corrected chi connectivity index (χ3v) is 19.1. The number of hydrogen-bond donors (Lipinski definition) is 0. The van der Waals surface area contributed by atoms with Crippen LogP contribution in [-0.4, -0.2) is 0 Å². The van der Waals surface area contributed by atoms with E-state index >= 15 is 0 Å². The number of rotatable bonds is 4. The first-order valence-electron chi connectivity index (χ1n) is 36.6. The van der Waals surface area contributed by atoms with Gasteiger partial charge in [0, 0.05) is 26.4 Å². The Hall–Kier alpha value is -10.8. The van der Waals surface area contributed by atoms with Gasteiger partial charge >= 0.3 is 0 Å². The lowest BCUT2D eigenvalue weighted by Crippen LogP contribution is -2.12. The van der Waals surface area contributed by atoms with Crippen molar-refractivity contribution in [2.45, 2.75) is 142 Å². The Balaban J connectivity index is 0.000000139. The summed E-state index contributed by atoms with van der Waals surface area (Å²) < 4.78 is 16.3. The van der Waals surface area contributed by atoms with E-state index in [1.54, 1.807) is 6.26 Å². The van der Waals surface area contributed by atoms with Gasteiger partial charge in [-0.25, -0.2) is 0 Å². The maximum absolute atomic E-state index is 5.52. The van der Waals surface area contributed by atoms with E-state index in [0.717, 1.165) is 45.5 Å². The largest absolute Gasteiger partial charge is 0.464 e. The Morgan fingerprint density at radius 3 is 1.12 bits per heavy atom. The normalized spacial score (nSPS) is 10.8. The molecule has 0 aliphatic heterocycles. The van der Waals surface area contributed by atoms with Gasteiger partial charge in [-0.2, -0.15) is 0 Å². The molecule has 4 aromatic heterocycles. The molecule has 534 valence electrons. The van der Waals surface area contributed by atoms with Crippen molar-refractivity contribution in [3.63, 3.8) is 0 Å². The molecular formula is C101H106O3S. The molecule has 16 rings (SSSR count). The highest BCUT2D eigenvalue weighted by Crippen LogP contribution is 2.33. The maximum atomic E-state index is 5.52. The third-order valence-electron chi connectivity index (χ3n) is 18.0. The number of benzene rings is 12. The van der Waals surface area contributed by atoms with E-state index in [9.17, 15) is 0 Å². The molecule has 0 aliphatic rings. The van der Waals surface area contributed by atoms with Crippen LogP contribution in [0.4, 0.5) is 0 Å². The lowest BCUT2D eigenvalue weighted by molar-refractivity contribution is 0.548. The van der Waals surface area contributed by atoms with E-state index in [1.165, 1.54) is 125 Å². The van der Waals surface area contributed by atoms with Gasteiger partial charge in [0.25, 0.3) is 0 Å². The van der Waals surface area contributed by atoms with Crippen molar-refractivity contribution in [3.05, 3.63) is 381 Å². The van der Waals surface area contributed by atoms with E-state index in [0.29, 0.717) is 0 Å². The lowest BCUT2D eigenvalue weighted by atomic mass is 9.83. The zero-order valence-corrected chi connectivity index (χ0v) is 66.2. The molecule has 0 aliphatic carbocycles. The van der Waals surface area contributed by atoms with E-state index in [-0.39, 0.29) is 10.8 Å². The predicted molar refractivity (Wildman–Crippen MR) is 457 cm³/mol. The summed E-state index contributed by atoms with van der Waals surface area (Å²) >= 11 is 1.85. The van der Waals surface area contributed by atoms with Crippen LogP contribution in [0.1, 0.15) is 125 Å². The van der Waals surface area contributed by atoms with Crippen LogP contribution in [0.2, 0.25) is 0 Å². The van der Waals surface area contributed by atoms with Crippen LogP contribution in [0.15, 0.2) is 311 Å².